The molecule has 4 bridgehead atoms. The minimum absolute atomic E-state index is 0.0184. The summed E-state index contributed by atoms with van der Waals surface area (Å²) in [4.78, 5) is 3.74. The predicted molar refractivity (Wildman–Crippen MR) is 92.4 cm³/mol. The van der Waals surface area contributed by atoms with Crippen LogP contribution in [0.25, 0.3) is 11.6 Å². The van der Waals surface area contributed by atoms with Crippen molar-refractivity contribution in [3.05, 3.63) is 17.5 Å². The standard InChI is InChI=1S/C18H18F6N4O3/c1-7-4-9-5-8(9)2-3-16(29,18(22,23)24)15-28-27-14(31-15)12-11(25)6-10(17(19,20)21)13(26-12)30-7/h6-9,29H,2-5,25H2,1H3/t7-,8?,9?,16-/m1/s1. The number of anilines is 1. The zero-order chi connectivity index (χ0) is 22.8. The molecule has 0 amide bonds. The van der Waals surface area contributed by atoms with Crippen molar-refractivity contribution in [3.8, 4) is 17.5 Å². The number of hydrogen-bond acceptors (Lipinski definition) is 7. The summed E-state index contributed by atoms with van der Waals surface area (Å²) in [6, 6.07) is 0.552. The summed E-state index contributed by atoms with van der Waals surface area (Å²) in [5.41, 5.74) is 0.00167. The molecule has 31 heavy (non-hydrogen) atoms. The molecule has 7 nitrogen and oxygen atoms in total. The van der Waals surface area contributed by atoms with Crippen LogP contribution in [-0.4, -0.2) is 32.6 Å². The number of nitrogen functional groups attached to an aromatic ring is 1. The lowest BCUT2D eigenvalue weighted by Crippen LogP contribution is -2.42. The normalized spacial score (nSPS) is 29.0. The van der Waals surface area contributed by atoms with Gasteiger partial charge in [-0.05, 0) is 50.5 Å². The fraction of sp³-hybridized carbons (Fsp3) is 0.611. The van der Waals surface area contributed by atoms with Crippen LogP contribution in [0.1, 0.15) is 44.1 Å². The number of hydrogen-bond donors (Lipinski definition) is 2. The first kappa shape index (κ1) is 21.7. The van der Waals surface area contributed by atoms with Crippen LogP contribution in [-0.2, 0) is 11.8 Å². The van der Waals surface area contributed by atoms with Crippen LogP contribution in [0.15, 0.2) is 10.5 Å². The van der Waals surface area contributed by atoms with E-state index in [1.165, 1.54) is 0 Å². The SMILES string of the molecule is C[C@@H]1CC2CC2CC[C@](O)(C(F)(F)F)c2nnc(o2)-c2nc(c(C(F)(F)F)cc2N)O1. The maximum absolute atomic E-state index is 13.7. The van der Waals surface area contributed by atoms with Crippen molar-refractivity contribution in [2.24, 2.45) is 11.8 Å². The van der Waals surface area contributed by atoms with Gasteiger partial charge in [-0.15, -0.1) is 10.2 Å². The molecule has 13 heteroatoms. The molecule has 1 aliphatic carbocycles. The summed E-state index contributed by atoms with van der Waals surface area (Å²) in [5, 5.41) is 17.1. The molecule has 0 spiro atoms. The van der Waals surface area contributed by atoms with Gasteiger partial charge in [0.2, 0.25) is 11.5 Å². The van der Waals surface area contributed by atoms with Gasteiger partial charge in [0.15, 0.2) is 5.69 Å². The van der Waals surface area contributed by atoms with E-state index in [0.717, 1.165) is 0 Å². The van der Waals surface area contributed by atoms with Crippen LogP contribution in [0, 0.1) is 11.8 Å². The molecule has 3 N–H and O–H groups in total. The van der Waals surface area contributed by atoms with Gasteiger partial charge in [0.1, 0.15) is 5.56 Å². The lowest BCUT2D eigenvalue weighted by atomic mass is 9.94. The van der Waals surface area contributed by atoms with Crippen molar-refractivity contribution in [2.45, 2.75) is 56.7 Å². The molecule has 2 aromatic heterocycles. The molecule has 2 aliphatic rings. The van der Waals surface area contributed by atoms with E-state index in [1.54, 1.807) is 6.92 Å². The van der Waals surface area contributed by atoms with Gasteiger partial charge < -0.3 is 20.0 Å². The van der Waals surface area contributed by atoms with Crippen LogP contribution in [0.2, 0.25) is 0 Å². The number of nitrogens with zero attached hydrogens (tertiary/aromatic N) is 3. The Hall–Kier alpha value is -2.57. The van der Waals surface area contributed by atoms with Crippen LogP contribution in [0.3, 0.4) is 0 Å². The zero-order valence-corrected chi connectivity index (χ0v) is 16.1. The smallest absolute Gasteiger partial charge is 0.426 e. The van der Waals surface area contributed by atoms with E-state index in [9.17, 15) is 31.4 Å². The Morgan fingerprint density at radius 2 is 1.84 bits per heavy atom. The lowest BCUT2D eigenvalue weighted by Gasteiger charge is -2.27. The molecule has 0 radical (unpaired) electrons. The molecule has 0 saturated heterocycles. The van der Waals surface area contributed by atoms with Gasteiger partial charge >= 0.3 is 12.4 Å². The summed E-state index contributed by atoms with van der Waals surface area (Å²) in [7, 11) is 0. The molecule has 1 fully saturated rings. The quantitative estimate of drug-likeness (QED) is 0.581. The van der Waals surface area contributed by atoms with Crippen LogP contribution < -0.4 is 10.5 Å². The molecular formula is C18H18F6N4O3. The number of nitrogens with two attached hydrogens (primary N) is 1. The predicted octanol–water partition coefficient (Wildman–Crippen LogP) is 4.07. The highest BCUT2D eigenvalue weighted by Gasteiger charge is 2.59. The van der Waals surface area contributed by atoms with E-state index in [4.69, 9.17) is 14.9 Å². The molecular weight excluding hydrogens is 434 g/mol. The Bertz CT molecular complexity index is 992. The van der Waals surface area contributed by atoms with E-state index >= 15 is 0 Å². The van der Waals surface area contributed by atoms with Gasteiger partial charge in [0.25, 0.3) is 11.8 Å². The number of ether oxygens (including phenoxy) is 1. The topological polar surface area (TPSA) is 107 Å². The third kappa shape index (κ3) is 3.90. The average molecular weight is 452 g/mol. The van der Waals surface area contributed by atoms with E-state index in [-0.39, 0.29) is 18.3 Å². The lowest BCUT2D eigenvalue weighted by molar-refractivity contribution is -0.277. The Morgan fingerprint density at radius 1 is 1.13 bits per heavy atom. The van der Waals surface area contributed by atoms with E-state index < -0.39 is 65.1 Å². The zero-order valence-electron chi connectivity index (χ0n) is 16.1. The first-order chi connectivity index (χ1) is 14.3. The van der Waals surface area contributed by atoms with Gasteiger partial charge in [-0.25, -0.2) is 4.98 Å². The second kappa shape index (κ2) is 6.97. The number of pyridine rings is 1. The summed E-state index contributed by atoms with van der Waals surface area (Å²) in [5.74, 6) is -2.76. The maximum atomic E-state index is 13.7. The molecule has 0 aromatic carbocycles. The monoisotopic (exact) mass is 452 g/mol. The molecule has 2 aromatic rings. The van der Waals surface area contributed by atoms with E-state index in [1.807, 2.05) is 0 Å². The Labute approximate surface area is 171 Å². The third-order valence-electron chi connectivity index (χ3n) is 5.67. The molecule has 1 saturated carbocycles. The van der Waals surface area contributed by atoms with Crippen molar-refractivity contribution in [1.29, 1.82) is 0 Å². The summed E-state index contributed by atoms with van der Waals surface area (Å²) in [6.45, 7) is 1.55. The van der Waals surface area contributed by atoms with E-state index in [0.29, 0.717) is 18.9 Å². The first-order valence-electron chi connectivity index (χ1n) is 9.47. The third-order valence-corrected chi connectivity index (χ3v) is 5.67. The highest BCUT2D eigenvalue weighted by molar-refractivity contribution is 5.68. The van der Waals surface area contributed by atoms with Gasteiger partial charge in [-0.3, -0.25) is 0 Å². The number of fused-ring (bicyclic) bond motifs is 6. The van der Waals surface area contributed by atoms with Crippen molar-refractivity contribution in [1.82, 2.24) is 15.2 Å². The molecule has 1 aliphatic heterocycles. The Kier molecular flexibility index (Phi) is 4.87. The van der Waals surface area contributed by atoms with Gasteiger partial charge in [0, 0.05) is 0 Å². The van der Waals surface area contributed by atoms with Gasteiger partial charge in [0.05, 0.1) is 11.8 Å². The van der Waals surface area contributed by atoms with Crippen molar-refractivity contribution in [2.75, 3.05) is 5.73 Å². The second-order valence-corrected chi connectivity index (χ2v) is 8.01. The van der Waals surface area contributed by atoms with Gasteiger partial charge in [-0.2, -0.15) is 26.3 Å². The highest BCUT2D eigenvalue weighted by atomic mass is 19.4. The van der Waals surface area contributed by atoms with Crippen molar-refractivity contribution >= 4 is 5.69 Å². The van der Waals surface area contributed by atoms with Gasteiger partial charge in [-0.1, -0.05) is 0 Å². The fourth-order valence-electron chi connectivity index (χ4n) is 3.84. The number of halogens is 6. The average Bonchev–Trinajstić information content (AvgIpc) is 3.17. The Morgan fingerprint density at radius 3 is 2.48 bits per heavy atom. The van der Waals surface area contributed by atoms with Crippen LogP contribution in [0.5, 0.6) is 5.88 Å². The molecule has 4 rings (SSSR count). The summed E-state index contributed by atoms with van der Waals surface area (Å²) < 4.78 is 91.9. The Balaban J connectivity index is 1.86. The summed E-state index contributed by atoms with van der Waals surface area (Å²) >= 11 is 0. The van der Waals surface area contributed by atoms with E-state index in [2.05, 4.69) is 15.2 Å². The summed E-state index contributed by atoms with van der Waals surface area (Å²) in [6.07, 6.45) is -10.4. The minimum atomic E-state index is -5.11. The second-order valence-electron chi connectivity index (χ2n) is 8.01. The minimum Gasteiger partial charge on any atom is -0.474 e. The molecule has 170 valence electrons. The first-order valence-corrected chi connectivity index (χ1v) is 9.47. The number of rotatable bonds is 0. The maximum Gasteiger partial charge on any atom is 0.426 e. The van der Waals surface area contributed by atoms with Crippen molar-refractivity contribution < 1.29 is 40.6 Å². The number of aliphatic hydroxyl groups is 1. The molecule has 2 unspecified atom stereocenters. The molecule has 3 heterocycles. The fourth-order valence-corrected chi connectivity index (χ4v) is 3.84. The molecule has 4 atom stereocenters. The van der Waals surface area contributed by atoms with Crippen LogP contribution in [0.4, 0.5) is 32.0 Å². The highest BCUT2D eigenvalue weighted by Crippen LogP contribution is 2.51. The largest absolute Gasteiger partial charge is 0.474 e. The van der Waals surface area contributed by atoms with Crippen molar-refractivity contribution in [3.63, 3.8) is 0 Å². The number of aromatic nitrogens is 3. The van der Waals surface area contributed by atoms with Crippen LogP contribution >= 0.6 is 0 Å². The number of alkyl halides is 6.